The van der Waals surface area contributed by atoms with Gasteiger partial charge in [0.1, 0.15) is 5.82 Å². The minimum Gasteiger partial charge on any atom is -0.271 e. The lowest BCUT2D eigenvalue weighted by molar-refractivity contribution is 0.403. The van der Waals surface area contributed by atoms with Crippen molar-refractivity contribution in [3.8, 4) is 0 Å². The monoisotopic (exact) mass is 243 g/mol. The molecule has 4 heteroatoms. The molecule has 0 aliphatic heterocycles. The van der Waals surface area contributed by atoms with Crippen LogP contribution >= 0.6 is 0 Å². The largest absolute Gasteiger partial charge is 0.271 e. The Balaban J connectivity index is 1.95. The van der Waals surface area contributed by atoms with Crippen LogP contribution in [0.1, 0.15) is 28.7 Å². The van der Waals surface area contributed by atoms with Crippen molar-refractivity contribution in [2.45, 2.75) is 18.4 Å². The molecule has 0 saturated carbocycles. The fraction of sp³-hybridized carbons (Fsp3) is 0.214. The van der Waals surface area contributed by atoms with Gasteiger partial charge in [-0.1, -0.05) is 24.3 Å². The van der Waals surface area contributed by atoms with Crippen molar-refractivity contribution in [1.82, 2.24) is 10.4 Å². The summed E-state index contributed by atoms with van der Waals surface area (Å²) in [5.41, 5.74) is 5.87. The third-order valence-electron chi connectivity index (χ3n) is 3.62. The quantitative estimate of drug-likeness (QED) is 0.641. The summed E-state index contributed by atoms with van der Waals surface area (Å²) in [6, 6.07) is 9.67. The number of benzene rings is 1. The number of nitrogens with zero attached hydrogens (tertiary/aromatic N) is 1. The Labute approximate surface area is 105 Å². The molecule has 0 radical (unpaired) electrons. The van der Waals surface area contributed by atoms with Gasteiger partial charge < -0.3 is 0 Å². The minimum atomic E-state index is -0.315. The van der Waals surface area contributed by atoms with Crippen molar-refractivity contribution in [3.63, 3.8) is 0 Å². The molecule has 2 aromatic rings. The lowest BCUT2D eigenvalue weighted by Crippen LogP contribution is -2.37. The van der Waals surface area contributed by atoms with E-state index >= 15 is 0 Å². The summed E-state index contributed by atoms with van der Waals surface area (Å²) in [5, 5.41) is 0. The smallest absolute Gasteiger partial charge is 0.146 e. The SMILES string of the molecule is NNC(c1ccncc1F)C1Cc2ccccc21. The lowest BCUT2D eigenvalue weighted by Gasteiger charge is -2.36. The zero-order valence-electron chi connectivity index (χ0n) is 9.81. The molecule has 0 saturated heterocycles. The molecule has 1 aliphatic rings. The zero-order chi connectivity index (χ0) is 12.5. The average Bonchev–Trinajstić information content (AvgIpc) is 2.37. The van der Waals surface area contributed by atoms with Crippen molar-refractivity contribution in [2.24, 2.45) is 5.84 Å². The number of aromatic nitrogens is 1. The van der Waals surface area contributed by atoms with Crippen LogP contribution in [0.25, 0.3) is 0 Å². The van der Waals surface area contributed by atoms with Crippen molar-refractivity contribution in [2.75, 3.05) is 0 Å². The Hall–Kier alpha value is -1.78. The fourth-order valence-electron chi connectivity index (χ4n) is 2.66. The van der Waals surface area contributed by atoms with E-state index in [1.807, 2.05) is 12.1 Å². The summed E-state index contributed by atoms with van der Waals surface area (Å²) in [5.74, 6) is 5.51. The average molecular weight is 243 g/mol. The van der Waals surface area contributed by atoms with Gasteiger partial charge in [-0.05, 0) is 23.6 Å². The van der Waals surface area contributed by atoms with E-state index in [1.165, 1.54) is 17.3 Å². The molecule has 3 rings (SSSR count). The molecule has 0 spiro atoms. The third-order valence-corrected chi connectivity index (χ3v) is 3.62. The van der Waals surface area contributed by atoms with E-state index in [-0.39, 0.29) is 17.8 Å². The van der Waals surface area contributed by atoms with Crippen LogP contribution in [0.3, 0.4) is 0 Å². The van der Waals surface area contributed by atoms with Gasteiger partial charge in [-0.15, -0.1) is 0 Å². The molecule has 2 unspecified atom stereocenters. The summed E-state index contributed by atoms with van der Waals surface area (Å²) in [6.45, 7) is 0. The van der Waals surface area contributed by atoms with Gasteiger partial charge in [0, 0.05) is 17.7 Å². The Morgan fingerprint density at radius 2 is 2.17 bits per heavy atom. The second-order valence-corrected chi connectivity index (χ2v) is 4.55. The summed E-state index contributed by atoms with van der Waals surface area (Å²) in [6.07, 6.45) is 3.74. The second-order valence-electron chi connectivity index (χ2n) is 4.55. The van der Waals surface area contributed by atoms with E-state index in [4.69, 9.17) is 5.84 Å². The molecule has 0 bridgehead atoms. The highest BCUT2D eigenvalue weighted by Crippen LogP contribution is 2.43. The summed E-state index contributed by atoms with van der Waals surface area (Å²) >= 11 is 0. The number of rotatable bonds is 3. The molecule has 18 heavy (non-hydrogen) atoms. The number of hydrogen-bond acceptors (Lipinski definition) is 3. The van der Waals surface area contributed by atoms with Gasteiger partial charge >= 0.3 is 0 Å². The van der Waals surface area contributed by atoms with Gasteiger partial charge in [-0.25, -0.2) is 4.39 Å². The van der Waals surface area contributed by atoms with Crippen LogP contribution in [-0.2, 0) is 6.42 Å². The molecule has 1 aliphatic carbocycles. The highest BCUT2D eigenvalue weighted by molar-refractivity contribution is 5.43. The molecule has 0 fully saturated rings. The van der Waals surface area contributed by atoms with Crippen LogP contribution in [0.5, 0.6) is 0 Å². The first kappa shape index (κ1) is 11.3. The maximum Gasteiger partial charge on any atom is 0.146 e. The summed E-state index contributed by atoms with van der Waals surface area (Å²) < 4.78 is 13.8. The number of nitrogens with two attached hydrogens (primary N) is 1. The minimum absolute atomic E-state index is 0.206. The van der Waals surface area contributed by atoms with Gasteiger partial charge in [-0.2, -0.15) is 0 Å². The first-order chi connectivity index (χ1) is 8.81. The Bertz CT molecular complexity index is 570. The Morgan fingerprint density at radius 1 is 1.33 bits per heavy atom. The highest BCUT2D eigenvalue weighted by atomic mass is 19.1. The van der Waals surface area contributed by atoms with Gasteiger partial charge in [0.15, 0.2) is 0 Å². The number of pyridine rings is 1. The van der Waals surface area contributed by atoms with Gasteiger partial charge in [0.25, 0.3) is 0 Å². The third kappa shape index (κ3) is 1.70. The Kier molecular flexibility index (Phi) is 2.81. The van der Waals surface area contributed by atoms with Gasteiger partial charge in [0.2, 0.25) is 0 Å². The summed E-state index contributed by atoms with van der Waals surface area (Å²) in [4.78, 5) is 3.77. The topological polar surface area (TPSA) is 50.9 Å². The molecule has 3 nitrogen and oxygen atoms in total. The van der Waals surface area contributed by atoms with E-state index in [0.717, 1.165) is 6.42 Å². The van der Waals surface area contributed by atoms with Crippen LogP contribution in [0.4, 0.5) is 4.39 Å². The van der Waals surface area contributed by atoms with Crippen molar-refractivity contribution in [3.05, 3.63) is 65.2 Å². The van der Waals surface area contributed by atoms with Crippen LogP contribution in [0.2, 0.25) is 0 Å². The van der Waals surface area contributed by atoms with E-state index in [0.29, 0.717) is 5.56 Å². The predicted octanol–water partition coefficient (Wildman–Crippen LogP) is 2.06. The molecule has 0 amide bonds. The predicted molar refractivity (Wildman–Crippen MR) is 67.1 cm³/mol. The fourth-order valence-corrected chi connectivity index (χ4v) is 2.66. The number of halogens is 1. The highest BCUT2D eigenvalue weighted by Gasteiger charge is 2.34. The van der Waals surface area contributed by atoms with Crippen molar-refractivity contribution < 1.29 is 4.39 Å². The van der Waals surface area contributed by atoms with Gasteiger partial charge in [0.05, 0.1) is 12.2 Å². The molecule has 1 aromatic carbocycles. The molecular formula is C14H14FN3. The first-order valence-corrected chi connectivity index (χ1v) is 5.94. The van der Waals surface area contributed by atoms with Crippen LogP contribution in [0, 0.1) is 5.82 Å². The van der Waals surface area contributed by atoms with E-state index in [9.17, 15) is 4.39 Å². The van der Waals surface area contributed by atoms with Crippen LogP contribution in [0.15, 0.2) is 42.7 Å². The maximum atomic E-state index is 13.8. The molecule has 3 N–H and O–H groups in total. The normalized spacial score (nSPS) is 18.9. The lowest BCUT2D eigenvalue weighted by atomic mass is 9.72. The van der Waals surface area contributed by atoms with E-state index in [1.54, 1.807) is 12.3 Å². The van der Waals surface area contributed by atoms with Crippen molar-refractivity contribution >= 4 is 0 Å². The first-order valence-electron chi connectivity index (χ1n) is 5.94. The number of nitrogens with one attached hydrogen (secondary N) is 1. The molecular weight excluding hydrogens is 229 g/mol. The molecule has 1 heterocycles. The zero-order valence-corrected chi connectivity index (χ0v) is 9.81. The summed E-state index contributed by atoms with van der Waals surface area (Å²) in [7, 11) is 0. The van der Waals surface area contributed by atoms with Gasteiger partial charge in [-0.3, -0.25) is 16.3 Å². The maximum absolute atomic E-state index is 13.8. The van der Waals surface area contributed by atoms with Crippen LogP contribution < -0.4 is 11.3 Å². The van der Waals surface area contributed by atoms with Crippen molar-refractivity contribution in [1.29, 1.82) is 0 Å². The Morgan fingerprint density at radius 3 is 2.89 bits per heavy atom. The van der Waals surface area contributed by atoms with Crippen LogP contribution in [-0.4, -0.2) is 4.98 Å². The molecule has 1 aromatic heterocycles. The molecule has 92 valence electrons. The number of hydrogen-bond donors (Lipinski definition) is 2. The molecule has 2 atom stereocenters. The van der Waals surface area contributed by atoms with E-state index < -0.39 is 0 Å². The second kappa shape index (κ2) is 4.48. The standard InChI is InChI=1S/C14H14FN3/c15-13-8-17-6-5-11(13)14(18-16)12-7-9-3-1-2-4-10(9)12/h1-6,8,12,14,18H,7,16H2. The number of fused-ring (bicyclic) bond motifs is 1. The van der Waals surface area contributed by atoms with E-state index in [2.05, 4.69) is 22.5 Å². The number of hydrazine groups is 1.